The zero-order valence-electron chi connectivity index (χ0n) is 11.3. The Kier molecular flexibility index (Phi) is 3.69. The lowest BCUT2D eigenvalue weighted by molar-refractivity contribution is 0.598. The zero-order chi connectivity index (χ0) is 14.9. The van der Waals surface area contributed by atoms with Crippen molar-refractivity contribution in [1.82, 2.24) is 0 Å². The number of hydrogen-bond donors (Lipinski definition) is 3. The van der Waals surface area contributed by atoms with E-state index >= 15 is 0 Å². The van der Waals surface area contributed by atoms with Gasteiger partial charge in [-0.3, -0.25) is 0 Å². The summed E-state index contributed by atoms with van der Waals surface area (Å²) in [5.41, 5.74) is 9.82. The lowest BCUT2D eigenvalue weighted by Crippen LogP contribution is -2.14. The normalized spacial score (nSPS) is 11.3. The average molecular weight is 291 g/mol. The molecule has 2 aromatic carbocycles. The van der Waals surface area contributed by atoms with Crippen molar-refractivity contribution >= 4 is 27.1 Å². The van der Waals surface area contributed by atoms with Crippen LogP contribution in [0.15, 0.2) is 41.3 Å². The molecule has 0 unspecified atom stereocenters. The molecule has 0 amide bonds. The minimum atomic E-state index is -3.79. The third-order valence-corrected chi connectivity index (χ3v) is 4.18. The van der Waals surface area contributed by atoms with Crippen LogP contribution in [0.5, 0.6) is 0 Å². The molecule has 0 fully saturated rings. The van der Waals surface area contributed by atoms with Crippen LogP contribution in [0, 0.1) is 13.8 Å². The minimum absolute atomic E-state index is 0.0657. The number of sulfonamides is 1. The van der Waals surface area contributed by atoms with Gasteiger partial charge in [0.15, 0.2) is 0 Å². The van der Waals surface area contributed by atoms with E-state index in [4.69, 9.17) is 10.9 Å². The summed E-state index contributed by atoms with van der Waals surface area (Å²) in [4.78, 5) is -0.0657. The quantitative estimate of drug-likeness (QED) is 0.755. The molecule has 0 aliphatic carbocycles. The van der Waals surface area contributed by atoms with Gasteiger partial charge in [-0.25, -0.2) is 13.6 Å². The fraction of sp³-hybridized carbons (Fsp3) is 0.143. The molecule has 0 bridgehead atoms. The number of primary sulfonamides is 1. The zero-order valence-corrected chi connectivity index (χ0v) is 12.2. The van der Waals surface area contributed by atoms with Crippen LogP contribution in [0.1, 0.15) is 11.1 Å². The number of hydrogen-bond acceptors (Lipinski definition) is 4. The molecule has 0 atom stereocenters. The average Bonchev–Trinajstić information content (AvgIpc) is 2.33. The summed E-state index contributed by atoms with van der Waals surface area (Å²) in [6.45, 7) is 4.04. The Morgan fingerprint density at radius 2 is 1.80 bits per heavy atom. The molecule has 0 spiro atoms. The molecule has 2 aromatic rings. The molecule has 106 valence electrons. The highest BCUT2D eigenvalue weighted by atomic mass is 32.2. The fourth-order valence-electron chi connectivity index (χ4n) is 1.93. The molecule has 0 aliphatic heterocycles. The van der Waals surface area contributed by atoms with Crippen molar-refractivity contribution in [3.63, 3.8) is 0 Å². The number of benzene rings is 2. The standard InChI is InChI=1S/C14H17N3O2S/c1-9-4-3-5-13(10(9)2)17-11-6-7-14(12(15)8-11)20(16,18)19/h3-8,17H,15H2,1-2H3,(H2,16,18,19). The molecular formula is C14H17N3O2S. The van der Waals surface area contributed by atoms with Gasteiger partial charge in [0.1, 0.15) is 4.90 Å². The van der Waals surface area contributed by atoms with Gasteiger partial charge in [0.25, 0.3) is 0 Å². The van der Waals surface area contributed by atoms with Crippen LogP contribution in [0.3, 0.4) is 0 Å². The van der Waals surface area contributed by atoms with E-state index in [0.29, 0.717) is 5.69 Å². The van der Waals surface area contributed by atoms with Crippen molar-refractivity contribution in [3.8, 4) is 0 Å². The summed E-state index contributed by atoms with van der Waals surface area (Å²) >= 11 is 0. The number of rotatable bonds is 3. The van der Waals surface area contributed by atoms with E-state index in [1.165, 1.54) is 11.6 Å². The van der Waals surface area contributed by atoms with Crippen molar-refractivity contribution in [2.24, 2.45) is 5.14 Å². The fourth-order valence-corrected chi connectivity index (χ4v) is 2.57. The van der Waals surface area contributed by atoms with E-state index in [9.17, 15) is 8.42 Å². The Balaban J connectivity index is 2.36. The van der Waals surface area contributed by atoms with E-state index in [1.54, 1.807) is 12.1 Å². The first kappa shape index (κ1) is 14.4. The van der Waals surface area contributed by atoms with Gasteiger partial charge in [0, 0.05) is 11.4 Å². The van der Waals surface area contributed by atoms with E-state index in [-0.39, 0.29) is 10.6 Å². The number of nitrogens with two attached hydrogens (primary N) is 2. The van der Waals surface area contributed by atoms with Crippen molar-refractivity contribution in [2.45, 2.75) is 18.7 Å². The van der Waals surface area contributed by atoms with Gasteiger partial charge < -0.3 is 11.1 Å². The van der Waals surface area contributed by atoms with Crippen LogP contribution in [0.25, 0.3) is 0 Å². The monoisotopic (exact) mass is 291 g/mol. The minimum Gasteiger partial charge on any atom is -0.398 e. The number of nitrogens with one attached hydrogen (secondary N) is 1. The number of aryl methyl sites for hydroxylation is 1. The molecule has 0 saturated carbocycles. The highest BCUT2D eigenvalue weighted by Crippen LogP contribution is 2.26. The summed E-state index contributed by atoms with van der Waals surface area (Å²) in [5.74, 6) is 0. The van der Waals surface area contributed by atoms with Crippen LogP contribution in [-0.4, -0.2) is 8.42 Å². The third-order valence-electron chi connectivity index (χ3n) is 3.20. The first-order chi connectivity index (χ1) is 9.29. The SMILES string of the molecule is Cc1cccc(Nc2ccc(S(N)(=O)=O)c(N)c2)c1C. The first-order valence-electron chi connectivity index (χ1n) is 6.04. The maximum absolute atomic E-state index is 11.3. The second kappa shape index (κ2) is 5.15. The predicted molar refractivity (Wildman–Crippen MR) is 81.4 cm³/mol. The van der Waals surface area contributed by atoms with Gasteiger partial charge in [0.2, 0.25) is 10.0 Å². The molecule has 0 radical (unpaired) electrons. The Hall–Kier alpha value is -2.05. The van der Waals surface area contributed by atoms with Gasteiger partial charge in [-0.2, -0.15) is 0 Å². The lowest BCUT2D eigenvalue weighted by atomic mass is 10.1. The van der Waals surface area contributed by atoms with Crippen LogP contribution in [-0.2, 0) is 10.0 Å². The topological polar surface area (TPSA) is 98.2 Å². The predicted octanol–water partition coefficient (Wildman–Crippen LogP) is 2.28. The Labute approximate surface area is 118 Å². The van der Waals surface area contributed by atoms with E-state index in [1.807, 2.05) is 32.0 Å². The van der Waals surface area contributed by atoms with Crippen LogP contribution < -0.4 is 16.2 Å². The smallest absolute Gasteiger partial charge is 0.240 e. The van der Waals surface area contributed by atoms with Gasteiger partial charge >= 0.3 is 0 Å². The van der Waals surface area contributed by atoms with Gasteiger partial charge in [-0.15, -0.1) is 0 Å². The Bertz CT molecular complexity index is 755. The van der Waals surface area contributed by atoms with Crippen LogP contribution in [0.2, 0.25) is 0 Å². The summed E-state index contributed by atoms with van der Waals surface area (Å²) in [5, 5.41) is 8.29. The molecule has 0 aliphatic rings. The van der Waals surface area contributed by atoms with Crippen molar-refractivity contribution in [3.05, 3.63) is 47.5 Å². The van der Waals surface area contributed by atoms with Crippen molar-refractivity contribution < 1.29 is 8.42 Å². The van der Waals surface area contributed by atoms with Crippen LogP contribution >= 0.6 is 0 Å². The summed E-state index contributed by atoms with van der Waals surface area (Å²) in [7, 11) is -3.79. The Morgan fingerprint density at radius 3 is 2.40 bits per heavy atom. The second-order valence-corrected chi connectivity index (χ2v) is 6.20. The van der Waals surface area contributed by atoms with E-state index in [0.717, 1.165) is 11.3 Å². The van der Waals surface area contributed by atoms with Gasteiger partial charge in [0.05, 0.1) is 5.69 Å². The van der Waals surface area contributed by atoms with E-state index < -0.39 is 10.0 Å². The third kappa shape index (κ3) is 2.92. The first-order valence-corrected chi connectivity index (χ1v) is 7.59. The molecule has 0 heterocycles. The molecule has 0 aromatic heterocycles. The van der Waals surface area contributed by atoms with Crippen molar-refractivity contribution in [1.29, 1.82) is 0 Å². The highest BCUT2D eigenvalue weighted by Gasteiger charge is 2.12. The summed E-state index contributed by atoms with van der Waals surface area (Å²) in [6.07, 6.45) is 0. The summed E-state index contributed by atoms with van der Waals surface area (Å²) in [6, 6.07) is 10.5. The molecule has 0 saturated heterocycles. The largest absolute Gasteiger partial charge is 0.398 e. The molecule has 5 N–H and O–H groups in total. The maximum Gasteiger partial charge on any atom is 0.240 e. The molecule has 5 nitrogen and oxygen atoms in total. The highest BCUT2D eigenvalue weighted by molar-refractivity contribution is 7.89. The van der Waals surface area contributed by atoms with Crippen molar-refractivity contribution in [2.75, 3.05) is 11.1 Å². The number of nitrogen functional groups attached to an aromatic ring is 1. The molecular weight excluding hydrogens is 274 g/mol. The van der Waals surface area contributed by atoms with Crippen LogP contribution in [0.4, 0.5) is 17.1 Å². The summed E-state index contributed by atoms with van der Waals surface area (Å²) < 4.78 is 22.6. The molecule has 20 heavy (non-hydrogen) atoms. The second-order valence-electron chi connectivity index (χ2n) is 4.67. The van der Waals surface area contributed by atoms with Gasteiger partial charge in [-0.1, -0.05) is 12.1 Å². The van der Waals surface area contributed by atoms with E-state index in [2.05, 4.69) is 5.32 Å². The maximum atomic E-state index is 11.3. The molecule has 6 heteroatoms. The van der Waals surface area contributed by atoms with Gasteiger partial charge in [-0.05, 0) is 49.2 Å². The number of anilines is 3. The Morgan fingerprint density at radius 1 is 1.10 bits per heavy atom. The lowest BCUT2D eigenvalue weighted by Gasteiger charge is -2.13. The molecule has 2 rings (SSSR count).